The molecule has 3 aromatic carbocycles. The summed E-state index contributed by atoms with van der Waals surface area (Å²) >= 11 is 4.21. The monoisotopic (exact) mass is 574 g/mol. The molecular formula is C25H21BrF2N4O3S. The minimum Gasteiger partial charge on any atom is -0.497 e. The molecule has 1 heterocycles. The zero-order valence-corrected chi connectivity index (χ0v) is 21.7. The Balaban J connectivity index is 1.61. The number of hydrogen-bond acceptors (Lipinski definition) is 6. The lowest BCUT2D eigenvalue weighted by atomic mass is 10.2. The van der Waals surface area contributed by atoms with Crippen molar-refractivity contribution in [2.45, 2.75) is 12.1 Å². The Hall–Kier alpha value is -3.44. The predicted octanol–water partition coefficient (Wildman–Crippen LogP) is 6.11. The molecule has 1 amide bonds. The normalized spacial score (nSPS) is 10.8. The van der Waals surface area contributed by atoms with Crippen LogP contribution >= 0.6 is 27.7 Å². The van der Waals surface area contributed by atoms with Crippen LogP contribution in [0.3, 0.4) is 0 Å². The number of hydrogen-bond donors (Lipinski definition) is 1. The third-order valence-electron chi connectivity index (χ3n) is 4.99. The highest BCUT2D eigenvalue weighted by molar-refractivity contribution is 9.10. The molecule has 11 heteroatoms. The summed E-state index contributed by atoms with van der Waals surface area (Å²) in [5.74, 6) is -0.199. The standard InChI is InChI=1S/C25H21BrF2N4O3S/c1-3-35-19-10-6-17(7-11-19)32-24(15-4-8-18(34-2)9-5-15)30-31-25(32)36-14-22(33)29-23-20(26)12-16(27)13-21(23)28/h4-13H,3,14H2,1-2H3,(H,29,33). The fraction of sp³-hybridized carbons (Fsp3) is 0.160. The van der Waals surface area contributed by atoms with E-state index in [-0.39, 0.29) is 15.9 Å². The Labute approximate surface area is 219 Å². The highest BCUT2D eigenvalue weighted by Crippen LogP contribution is 2.31. The average molecular weight is 575 g/mol. The third-order valence-corrected chi connectivity index (χ3v) is 6.55. The number of aromatic nitrogens is 3. The second-order valence-corrected chi connectivity index (χ2v) is 9.18. The number of amides is 1. The Bertz CT molecular complexity index is 1340. The van der Waals surface area contributed by atoms with E-state index >= 15 is 0 Å². The lowest BCUT2D eigenvalue weighted by Crippen LogP contribution is -2.16. The SMILES string of the molecule is CCOc1ccc(-n2c(SCC(=O)Nc3c(F)cc(F)cc3Br)nnc2-c2ccc(OC)cc2)cc1. The van der Waals surface area contributed by atoms with Gasteiger partial charge in [-0.3, -0.25) is 9.36 Å². The predicted molar refractivity (Wildman–Crippen MR) is 138 cm³/mol. The molecule has 0 saturated heterocycles. The van der Waals surface area contributed by atoms with Gasteiger partial charge in [0.2, 0.25) is 5.91 Å². The second kappa shape index (κ2) is 11.5. The molecule has 186 valence electrons. The third kappa shape index (κ3) is 5.85. The molecule has 0 aliphatic rings. The van der Waals surface area contributed by atoms with Crippen molar-refractivity contribution in [3.05, 3.63) is 76.8 Å². The van der Waals surface area contributed by atoms with Gasteiger partial charge >= 0.3 is 0 Å². The number of methoxy groups -OCH3 is 1. The minimum atomic E-state index is -0.875. The van der Waals surface area contributed by atoms with Gasteiger partial charge < -0.3 is 14.8 Å². The average Bonchev–Trinajstić information content (AvgIpc) is 3.29. The topological polar surface area (TPSA) is 78.3 Å². The van der Waals surface area contributed by atoms with Crippen LogP contribution in [0.25, 0.3) is 17.1 Å². The van der Waals surface area contributed by atoms with E-state index in [0.29, 0.717) is 29.4 Å². The molecule has 4 aromatic rings. The van der Waals surface area contributed by atoms with E-state index in [2.05, 4.69) is 31.4 Å². The molecule has 0 radical (unpaired) electrons. The first kappa shape index (κ1) is 25.6. The Morgan fingerprint density at radius 1 is 1.06 bits per heavy atom. The maximum Gasteiger partial charge on any atom is 0.234 e. The van der Waals surface area contributed by atoms with Crippen LogP contribution in [-0.2, 0) is 4.79 Å². The maximum atomic E-state index is 14.1. The lowest BCUT2D eigenvalue weighted by molar-refractivity contribution is -0.113. The summed E-state index contributed by atoms with van der Waals surface area (Å²) in [4.78, 5) is 12.6. The fourth-order valence-corrected chi connectivity index (χ4v) is 4.61. The zero-order chi connectivity index (χ0) is 25.7. The summed E-state index contributed by atoms with van der Waals surface area (Å²) in [6.45, 7) is 2.45. The highest BCUT2D eigenvalue weighted by Gasteiger charge is 2.19. The molecule has 0 atom stereocenters. The molecule has 0 unspecified atom stereocenters. The fourth-order valence-electron chi connectivity index (χ4n) is 3.35. The van der Waals surface area contributed by atoms with Gasteiger partial charge in [-0.15, -0.1) is 10.2 Å². The van der Waals surface area contributed by atoms with Gasteiger partial charge in [0.25, 0.3) is 0 Å². The molecule has 0 bridgehead atoms. The molecule has 1 N–H and O–H groups in total. The Morgan fingerprint density at radius 3 is 2.39 bits per heavy atom. The van der Waals surface area contributed by atoms with Crippen LogP contribution in [0.4, 0.5) is 14.5 Å². The lowest BCUT2D eigenvalue weighted by Gasteiger charge is -2.12. The number of carbonyl (C=O) groups is 1. The van der Waals surface area contributed by atoms with Gasteiger partial charge in [0.1, 0.15) is 17.3 Å². The molecule has 0 aliphatic heterocycles. The van der Waals surface area contributed by atoms with Crippen molar-refractivity contribution in [3.63, 3.8) is 0 Å². The molecule has 0 spiro atoms. The quantitative estimate of drug-likeness (QED) is 0.243. The minimum absolute atomic E-state index is 0.0823. The van der Waals surface area contributed by atoms with Crippen LogP contribution in [0.5, 0.6) is 11.5 Å². The van der Waals surface area contributed by atoms with E-state index in [1.165, 1.54) is 0 Å². The molecular weight excluding hydrogens is 554 g/mol. The molecule has 0 saturated carbocycles. The van der Waals surface area contributed by atoms with Gasteiger partial charge in [-0.05, 0) is 77.5 Å². The van der Waals surface area contributed by atoms with Gasteiger partial charge in [-0.2, -0.15) is 0 Å². The summed E-state index contributed by atoms with van der Waals surface area (Å²) in [7, 11) is 1.59. The number of nitrogens with zero attached hydrogens (tertiary/aromatic N) is 3. The van der Waals surface area contributed by atoms with Crippen molar-refractivity contribution in [2.75, 3.05) is 24.8 Å². The Morgan fingerprint density at radius 2 is 1.75 bits per heavy atom. The largest absolute Gasteiger partial charge is 0.497 e. The second-order valence-electron chi connectivity index (χ2n) is 7.38. The first-order chi connectivity index (χ1) is 17.4. The van der Waals surface area contributed by atoms with Crippen LogP contribution in [0, 0.1) is 11.6 Å². The van der Waals surface area contributed by atoms with Gasteiger partial charge in [-0.25, -0.2) is 8.78 Å². The summed E-state index contributed by atoms with van der Waals surface area (Å²) in [6.07, 6.45) is 0. The van der Waals surface area contributed by atoms with Crippen molar-refractivity contribution in [2.24, 2.45) is 0 Å². The van der Waals surface area contributed by atoms with Crippen LogP contribution in [0.2, 0.25) is 0 Å². The smallest absolute Gasteiger partial charge is 0.234 e. The van der Waals surface area contributed by atoms with E-state index in [0.717, 1.165) is 34.8 Å². The van der Waals surface area contributed by atoms with Crippen molar-refractivity contribution >= 4 is 39.3 Å². The van der Waals surface area contributed by atoms with Gasteiger partial charge in [0.05, 0.1) is 25.2 Å². The number of nitrogens with one attached hydrogen (secondary N) is 1. The number of carbonyl (C=O) groups excluding carboxylic acids is 1. The summed E-state index contributed by atoms with van der Waals surface area (Å²) in [5, 5.41) is 11.6. The number of anilines is 1. The number of benzene rings is 3. The van der Waals surface area contributed by atoms with E-state index < -0.39 is 17.5 Å². The van der Waals surface area contributed by atoms with Crippen molar-refractivity contribution < 1.29 is 23.0 Å². The highest BCUT2D eigenvalue weighted by atomic mass is 79.9. The molecule has 36 heavy (non-hydrogen) atoms. The summed E-state index contributed by atoms with van der Waals surface area (Å²) < 4.78 is 40.2. The maximum absolute atomic E-state index is 14.1. The summed E-state index contributed by atoms with van der Waals surface area (Å²) in [5.41, 5.74) is 1.43. The van der Waals surface area contributed by atoms with E-state index in [9.17, 15) is 13.6 Å². The van der Waals surface area contributed by atoms with Crippen LogP contribution < -0.4 is 14.8 Å². The van der Waals surface area contributed by atoms with E-state index in [4.69, 9.17) is 9.47 Å². The van der Waals surface area contributed by atoms with Crippen LogP contribution in [0.1, 0.15) is 6.92 Å². The molecule has 0 aliphatic carbocycles. The number of halogens is 3. The molecule has 1 aromatic heterocycles. The van der Waals surface area contributed by atoms with Crippen molar-refractivity contribution in [3.8, 4) is 28.6 Å². The van der Waals surface area contributed by atoms with E-state index in [1.807, 2.05) is 60.0 Å². The Kier molecular flexibility index (Phi) is 8.21. The van der Waals surface area contributed by atoms with Gasteiger partial charge in [0, 0.05) is 21.8 Å². The van der Waals surface area contributed by atoms with E-state index in [1.54, 1.807) is 7.11 Å². The van der Waals surface area contributed by atoms with Crippen molar-refractivity contribution in [1.29, 1.82) is 0 Å². The van der Waals surface area contributed by atoms with Gasteiger partial charge in [0.15, 0.2) is 16.8 Å². The molecule has 4 rings (SSSR count). The van der Waals surface area contributed by atoms with Crippen LogP contribution in [0.15, 0.2) is 70.3 Å². The molecule has 7 nitrogen and oxygen atoms in total. The van der Waals surface area contributed by atoms with Crippen molar-refractivity contribution in [1.82, 2.24) is 14.8 Å². The number of thioether (sulfide) groups is 1. The summed E-state index contributed by atoms with van der Waals surface area (Å²) in [6, 6.07) is 16.6. The van der Waals surface area contributed by atoms with Crippen LogP contribution in [-0.4, -0.2) is 40.1 Å². The number of rotatable bonds is 9. The first-order valence-electron chi connectivity index (χ1n) is 10.8. The van der Waals surface area contributed by atoms with Gasteiger partial charge in [-0.1, -0.05) is 11.8 Å². The molecule has 0 fully saturated rings. The zero-order valence-electron chi connectivity index (χ0n) is 19.3. The first-order valence-corrected chi connectivity index (χ1v) is 12.6. The number of ether oxygens (including phenoxy) is 2.